The number of carbonyl (C=O) groups is 1. The molecule has 0 aromatic heterocycles. The fourth-order valence-electron chi connectivity index (χ4n) is 3.90. The van der Waals surface area contributed by atoms with Crippen molar-refractivity contribution in [3.8, 4) is 0 Å². The van der Waals surface area contributed by atoms with Crippen LogP contribution in [0.3, 0.4) is 0 Å². The van der Waals surface area contributed by atoms with Gasteiger partial charge in [-0.1, -0.05) is 72.8 Å². The lowest BCUT2D eigenvalue weighted by Gasteiger charge is -2.33. The van der Waals surface area contributed by atoms with Crippen LogP contribution >= 0.6 is 0 Å². The van der Waals surface area contributed by atoms with E-state index < -0.39 is 5.60 Å². The van der Waals surface area contributed by atoms with E-state index in [0.29, 0.717) is 30.5 Å². The molecule has 2 unspecified atom stereocenters. The quantitative estimate of drug-likeness (QED) is 0.444. The van der Waals surface area contributed by atoms with Crippen molar-refractivity contribution in [3.63, 3.8) is 0 Å². The first-order chi connectivity index (χ1) is 13.1. The predicted molar refractivity (Wildman–Crippen MR) is 109 cm³/mol. The summed E-state index contributed by atoms with van der Waals surface area (Å²) in [5.74, 6) is -0.547. The van der Waals surface area contributed by atoms with Gasteiger partial charge in [0.25, 0.3) is 0 Å². The van der Waals surface area contributed by atoms with Gasteiger partial charge in [-0.2, -0.15) is 0 Å². The Hall–Kier alpha value is -3.07. The van der Waals surface area contributed by atoms with Gasteiger partial charge in [0, 0.05) is 24.5 Å². The number of esters is 1. The molecule has 2 N–H and O–H groups in total. The Labute approximate surface area is 160 Å². The molecule has 0 bridgehead atoms. The fraction of sp³-hybridized carbons (Fsp3) is 0.208. The zero-order chi connectivity index (χ0) is 19.3. The van der Waals surface area contributed by atoms with Crippen LogP contribution in [0.15, 0.2) is 97.2 Å². The molecule has 2 atom stereocenters. The van der Waals surface area contributed by atoms with Crippen molar-refractivity contribution in [3.05, 3.63) is 108 Å². The SMILES string of the molecule is C=CC/C(N)=C1/C(=O)OC(CC=C)(c2ccccc2)C1Cc1ccccc1. The number of rotatable bonds is 7. The second kappa shape index (κ2) is 8.09. The summed E-state index contributed by atoms with van der Waals surface area (Å²) in [7, 11) is 0. The smallest absolute Gasteiger partial charge is 0.337 e. The van der Waals surface area contributed by atoms with Gasteiger partial charge in [0.1, 0.15) is 5.60 Å². The van der Waals surface area contributed by atoms with Crippen molar-refractivity contribution in [1.82, 2.24) is 0 Å². The van der Waals surface area contributed by atoms with Crippen molar-refractivity contribution in [2.45, 2.75) is 24.9 Å². The van der Waals surface area contributed by atoms with E-state index in [1.165, 1.54) is 0 Å². The zero-order valence-corrected chi connectivity index (χ0v) is 15.4. The summed E-state index contributed by atoms with van der Waals surface area (Å²) < 4.78 is 6.06. The molecule has 0 radical (unpaired) electrons. The Morgan fingerprint density at radius 3 is 2.26 bits per heavy atom. The van der Waals surface area contributed by atoms with Gasteiger partial charge >= 0.3 is 5.97 Å². The van der Waals surface area contributed by atoms with Crippen LogP contribution in [0.2, 0.25) is 0 Å². The first-order valence-electron chi connectivity index (χ1n) is 9.15. The summed E-state index contributed by atoms with van der Waals surface area (Å²) in [6.45, 7) is 7.67. The fourth-order valence-corrected chi connectivity index (χ4v) is 3.90. The average Bonchev–Trinajstić information content (AvgIpc) is 2.96. The molecule has 1 aliphatic rings. The molecule has 1 aliphatic heterocycles. The molecule has 3 nitrogen and oxygen atoms in total. The minimum Gasteiger partial charge on any atom is -0.450 e. The van der Waals surface area contributed by atoms with Crippen LogP contribution in [0.5, 0.6) is 0 Å². The predicted octanol–water partition coefficient (Wildman–Crippen LogP) is 4.66. The third kappa shape index (κ3) is 3.59. The minimum atomic E-state index is -0.808. The van der Waals surface area contributed by atoms with E-state index in [2.05, 4.69) is 25.3 Å². The lowest BCUT2D eigenvalue weighted by atomic mass is 9.73. The Bertz CT molecular complexity index is 854. The Morgan fingerprint density at radius 1 is 1.04 bits per heavy atom. The number of benzene rings is 2. The second-order valence-corrected chi connectivity index (χ2v) is 6.81. The first kappa shape index (κ1) is 18.7. The van der Waals surface area contributed by atoms with E-state index in [9.17, 15) is 4.79 Å². The largest absolute Gasteiger partial charge is 0.450 e. The molecule has 3 heteroatoms. The standard InChI is InChI=1S/C24H25NO2/c1-3-11-21(25)22-20(17-18-12-7-5-8-13-18)24(16-4-2,27-23(22)26)19-14-9-6-10-15-19/h3-10,12-15,20H,1-2,11,16-17,25H2/b22-21-. The Balaban J connectivity index is 2.18. The molecular weight excluding hydrogens is 334 g/mol. The van der Waals surface area contributed by atoms with Gasteiger partial charge in [-0.25, -0.2) is 4.79 Å². The number of hydrogen-bond donors (Lipinski definition) is 1. The Morgan fingerprint density at radius 2 is 1.67 bits per heavy atom. The molecule has 3 rings (SSSR count). The van der Waals surface area contributed by atoms with Crippen LogP contribution in [0.4, 0.5) is 0 Å². The maximum absolute atomic E-state index is 12.9. The molecule has 1 saturated heterocycles. The molecule has 27 heavy (non-hydrogen) atoms. The van der Waals surface area contributed by atoms with Crippen molar-refractivity contribution in [2.24, 2.45) is 11.7 Å². The molecule has 1 fully saturated rings. The van der Waals surface area contributed by atoms with E-state index >= 15 is 0 Å². The van der Waals surface area contributed by atoms with Crippen LogP contribution in [0, 0.1) is 5.92 Å². The highest BCUT2D eigenvalue weighted by Crippen LogP contribution is 2.49. The van der Waals surface area contributed by atoms with Crippen LogP contribution in [-0.4, -0.2) is 5.97 Å². The molecule has 2 aromatic rings. The molecule has 0 saturated carbocycles. The normalized spacial score (nSPS) is 23.6. The van der Waals surface area contributed by atoms with Gasteiger partial charge in [-0.3, -0.25) is 0 Å². The van der Waals surface area contributed by atoms with Crippen molar-refractivity contribution in [1.29, 1.82) is 0 Å². The van der Waals surface area contributed by atoms with Gasteiger partial charge in [-0.05, 0) is 17.5 Å². The van der Waals surface area contributed by atoms with E-state index in [1.54, 1.807) is 6.08 Å². The highest BCUT2D eigenvalue weighted by atomic mass is 16.6. The third-order valence-corrected chi connectivity index (χ3v) is 5.11. The summed E-state index contributed by atoms with van der Waals surface area (Å²) in [6, 6.07) is 20.0. The summed E-state index contributed by atoms with van der Waals surface area (Å²) in [5.41, 5.74) is 8.67. The third-order valence-electron chi connectivity index (χ3n) is 5.11. The highest BCUT2D eigenvalue weighted by molar-refractivity contribution is 5.93. The summed E-state index contributed by atoms with van der Waals surface area (Å²) in [4.78, 5) is 12.9. The topological polar surface area (TPSA) is 52.3 Å². The van der Waals surface area contributed by atoms with Crippen LogP contribution in [0.25, 0.3) is 0 Å². The lowest BCUT2D eigenvalue weighted by molar-refractivity contribution is -0.149. The zero-order valence-electron chi connectivity index (χ0n) is 15.4. The number of ether oxygens (including phenoxy) is 1. The van der Waals surface area contributed by atoms with E-state index in [4.69, 9.17) is 10.5 Å². The van der Waals surface area contributed by atoms with E-state index in [0.717, 1.165) is 11.1 Å². The highest BCUT2D eigenvalue weighted by Gasteiger charge is 2.53. The number of nitrogens with two attached hydrogens (primary N) is 1. The Kier molecular flexibility index (Phi) is 5.60. The molecular formula is C24H25NO2. The van der Waals surface area contributed by atoms with Gasteiger partial charge in [0.05, 0.1) is 5.57 Å². The van der Waals surface area contributed by atoms with Gasteiger partial charge < -0.3 is 10.5 Å². The van der Waals surface area contributed by atoms with Gasteiger partial charge in [0.15, 0.2) is 0 Å². The number of hydrogen-bond acceptors (Lipinski definition) is 3. The van der Waals surface area contributed by atoms with Crippen LogP contribution in [-0.2, 0) is 21.6 Å². The van der Waals surface area contributed by atoms with Gasteiger partial charge in [-0.15, -0.1) is 13.2 Å². The number of cyclic esters (lactones) is 1. The van der Waals surface area contributed by atoms with Crippen LogP contribution in [0.1, 0.15) is 24.0 Å². The minimum absolute atomic E-state index is 0.201. The number of carbonyl (C=O) groups excluding carboxylic acids is 1. The molecule has 0 aliphatic carbocycles. The number of allylic oxidation sites excluding steroid dienone is 1. The monoisotopic (exact) mass is 359 g/mol. The van der Waals surface area contributed by atoms with Crippen LogP contribution < -0.4 is 5.73 Å². The first-order valence-corrected chi connectivity index (χ1v) is 9.15. The molecule has 1 heterocycles. The van der Waals surface area contributed by atoms with Gasteiger partial charge in [0.2, 0.25) is 0 Å². The molecule has 0 amide bonds. The summed E-state index contributed by atoms with van der Waals surface area (Å²) in [5, 5.41) is 0. The van der Waals surface area contributed by atoms with Crippen molar-refractivity contribution in [2.75, 3.05) is 0 Å². The molecule has 138 valence electrons. The lowest BCUT2D eigenvalue weighted by Crippen LogP contribution is -2.34. The summed E-state index contributed by atoms with van der Waals surface area (Å²) in [6.07, 6.45) is 5.15. The maximum atomic E-state index is 12.9. The van der Waals surface area contributed by atoms with E-state index in [1.807, 2.05) is 54.6 Å². The molecule has 0 spiro atoms. The van der Waals surface area contributed by atoms with E-state index in [-0.39, 0.29) is 11.9 Å². The second-order valence-electron chi connectivity index (χ2n) is 6.81. The van der Waals surface area contributed by atoms with Crippen molar-refractivity contribution < 1.29 is 9.53 Å². The average molecular weight is 359 g/mol. The molecule has 2 aromatic carbocycles. The summed E-state index contributed by atoms with van der Waals surface area (Å²) >= 11 is 0. The maximum Gasteiger partial charge on any atom is 0.337 e. The van der Waals surface area contributed by atoms with Crippen molar-refractivity contribution >= 4 is 5.97 Å².